The van der Waals surface area contributed by atoms with Gasteiger partial charge < -0.3 is 10.2 Å². The molecule has 21 heavy (non-hydrogen) atoms. The molecule has 0 aromatic heterocycles. The second-order valence-corrected chi connectivity index (χ2v) is 6.37. The zero-order chi connectivity index (χ0) is 15.0. The summed E-state index contributed by atoms with van der Waals surface area (Å²) >= 11 is 5.87. The van der Waals surface area contributed by atoms with Crippen LogP contribution in [0.1, 0.15) is 29.6 Å². The Balaban J connectivity index is 1.73. The minimum absolute atomic E-state index is 0.0380. The van der Waals surface area contributed by atoms with Crippen molar-refractivity contribution in [2.75, 3.05) is 26.2 Å². The van der Waals surface area contributed by atoms with E-state index < -0.39 is 11.6 Å². The van der Waals surface area contributed by atoms with Gasteiger partial charge in [-0.2, -0.15) is 0 Å². The third-order valence-corrected chi connectivity index (χ3v) is 5.00. The predicted octanol–water partition coefficient (Wildman–Crippen LogP) is 2.83. The molecule has 0 atom stereocenters. The van der Waals surface area contributed by atoms with Crippen molar-refractivity contribution in [3.8, 4) is 0 Å². The zero-order valence-corrected chi connectivity index (χ0v) is 12.3. The van der Waals surface area contributed by atoms with E-state index in [-0.39, 0.29) is 16.5 Å². The molecule has 2 aliphatic heterocycles. The lowest BCUT2D eigenvalue weighted by atomic mass is 9.78. The molecule has 1 amide bonds. The third-order valence-electron chi connectivity index (χ3n) is 4.68. The molecule has 1 aromatic rings. The van der Waals surface area contributed by atoms with Gasteiger partial charge in [0.25, 0.3) is 5.91 Å². The van der Waals surface area contributed by atoms with Crippen LogP contribution >= 0.6 is 11.6 Å². The SMILES string of the molecule is O=C(c1cc(F)c(F)cc1Cl)N1CCC2(CCNC2)CC1. The van der Waals surface area contributed by atoms with Crippen molar-refractivity contribution >= 4 is 17.5 Å². The van der Waals surface area contributed by atoms with Gasteiger partial charge in [-0.05, 0) is 43.4 Å². The molecule has 6 heteroatoms. The molecule has 0 saturated carbocycles. The number of amides is 1. The normalized spacial score (nSPS) is 21.0. The van der Waals surface area contributed by atoms with Gasteiger partial charge in [-0.15, -0.1) is 0 Å². The van der Waals surface area contributed by atoms with Gasteiger partial charge in [0.05, 0.1) is 10.6 Å². The molecule has 1 spiro atoms. The molecule has 114 valence electrons. The molecule has 0 bridgehead atoms. The summed E-state index contributed by atoms with van der Waals surface area (Å²) < 4.78 is 26.4. The van der Waals surface area contributed by atoms with Gasteiger partial charge in [0.1, 0.15) is 0 Å². The summed E-state index contributed by atoms with van der Waals surface area (Å²) in [5.74, 6) is -2.40. The Kier molecular flexibility index (Phi) is 3.88. The molecular weight excluding hydrogens is 298 g/mol. The second-order valence-electron chi connectivity index (χ2n) is 5.97. The van der Waals surface area contributed by atoms with Gasteiger partial charge in [0, 0.05) is 19.6 Å². The number of hydrogen-bond acceptors (Lipinski definition) is 2. The highest BCUT2D eigenvalue weighted by Gasteiger charge is 2.38. The highest BCUT2D eigenvalue weighted by molar-refractivity contribution is 6.33. The number of rotatable bonds is 1. The first-order valence-corrected chi connectivity index (χ1v) is 7.53. The largest absolute Gasteiger partial charge is 0.339 e. The maximum Gasteiger partial charge on any atom is 0.255 e. The Morgan fingerprint density at radius 3 is 2.48 bits per heavy atom. The molecule has 2 fully saturated rings. The molecule has 1 N–H and O–H groups in total. The number of benzene rings is 1. The summed E-state index contributed by atoms with van der Waals surface area (Å²) in [6.07, 6.45) is 3.01. The van der Waals surface area contributed by atoms with Crippen LogP contribution in [-0.2, 0) is 0 Å². The second kappa shape index (κ2) is 5.54. The fourth-order valence-electron chi connectivity index (χ4n) is 3.26. The average molecular weight is 315 g/mol. The molecule has 2 saturated heterocycles. The van der Waals surface area contributed by atoms with Crippen LogP contribution in [0.15, 0.2) is 12.1 Å². The predicted molar refractivity (Wildman–Crippen MR) is 76.4 cm³/mol. The van der Waals surface area contributed by atoms with Gasteiger partial charge in [-0.1, -0.05) is 11.6 Å². The molecule has 3 nitrogen and oxygen atoms in total. The third kappa shape index (κ3) is 2.77. The quantitative estimate of drug-likeness (QED) is 0.808. The molecule has 0 unspecified atom stereocenters. The zero-order valence-electron chi connectivity index (χ0n) is 11.6. The van der Waals surface area contributed by atoms with E-state index in [0.29, 0.717) is 18.5 Å². The number of likely N-dealkylation sites (tertiary alicyclic amines) is 1. The van der Waals surface area contributed by atoms with Crippen molar-refractivity contribution in [2.45, 2.75) is 19.3 Å². The Bertz CT molecular complexity index is 563. The van der Waals surface area contributed by atoms with Gasteiger partial charge in [-0.3, -0.25) is 4.79 Å². The number of nitrogens with zero attached hydrogens (tertiary/aromatic N) is 1. The summed E-state index contributed by atoms with van der Waals surface area (Å²) in [6.45, 7) is 3.30. The van der Waals surface area contributed by atoms with Gasteiger partial charge in [0.15, 0.2) is 11.6 Å². The van der Waals surface area contributed by atoms with Crippen LogP contribution in [0, 0.1) is 17.0 Å². The van der Waals surface area contributed by atoms with Crippen LogP contribution in [0.3, 0.4) is 0 Å². The summed E-state index contributed by atoms with van der Waals surface area (Å²) in [7, 11) is 0. The van der Waals surface area contributed by atoms with Crippen molar-refractivity contribution in [1.29, 1.82) is 0 Å². The van der Waals surface area contributed by atoms with Crippen LogP contribution in [0.2, 0.25) is 5.02 Å². The molecule has 3 rings (SSSR count). The van der Waals surface area contributed by atoms with E-state index in [0.717, 1.165) is 44.5 Å². The number of hydrogen-bond donors (Lipinski definition) is 1. The minimum Gasteiger partial charge on any atom is -0.339 e. The van der Waals surface area contributed by atoms with Gasteiger partial charge >= 0.3 is 0 Å². The van der Waals surface area contributed by atoms with Crippen molar-refractivity contribution in [2.24, 2.45) is 5.41 Å². The van der Waals surface area contributed by atoms with Crippen LogP contribution in [0.5, 0.6) is 0 Å². The first-order valence-electron chi connectivity index (χ1n) is 7.15. The lowest BCUT2D eigenvalue weighted by Gasteiger charge is -2.39. The van der Waals surface area contributed by atoms with Crippen LogP contribution in [-0.4, -0.2) is 37.0 Å². The van der Waals surface area contributed by atoms with E-state index in [1.807, 2.05) is 0 Å². The Morgan fingerprint density at radius 1 is 1.19 bits per heavy atom. The highest BCUT2D eigenvalue weighted by Crippen LogP contribution is 2.37. The number of halogens is 3. The number of piperidine rings is 1. The lowest BCUT2D eigenvalue weighted by molar-refractivity contribution is 0.0607. The Hall–Kier alpha value is -1.20. The van der Waals surface area contributed by atoms with E-state index in [9.17, 15) is 13.6 Å². The number of nitrogens with one attached hydrogen (secondary N) is 1. The van der Waals surface area contributed by atoms with Gasteiger partial charge in [0.2, 0.25) is 0 Å². The first kappa shape index (κ1) is 14.7. The minimum atomic E-state index is -1.05. The summed E-state index contributed by atoms with van der Waals surface area (Å²) in [6, 6.07) is 1.75. The monoisotopic (exact) mass is 314 g/mol. The topological polar surface area (TPSA) is 32.3 Å². The van der Waals surface area contributed by atoms with E-state index in [4.69, 9.17) is 11.6 Å². The van der Waals surface area contributed by atoms with Crippen LogP contribution in [0.4, 0.5) is 8.78 Å². The fourth-order valence-corrected chi connectivity index (χ4v) is 3.49. The summed E-state index contributed by atoms with van der Waals surface area (Å²) in [4.78, 5) is 14.1. The molecule has 0 radical (unpaired) electrons. The number of carbonyl (C=O) groups is 1. The van der Waals surface area contributed by atoms with Crippen molar-refractivity contribution in [3.05, 3.63) is 34.4 Å². The van der Waals surface area contributed by atoms with E-state index in [1.54, 1.807) is 4.90 Å². The van der Waals surface area contributed by atoms with Crippen molar-refractivity contribution in [1.82, 2.24) is 10.2 Å². The smallest absolute Gasteiger partial charge is 0.255 e. The molecule has 0 aliphatic carbocycles. The fraction of sp³-hybridized carbons (Fsp3) is 0.533. The maximum atomic E-state index is 13.3. The number of carbonyl (C=O) groups excluding carboxylic acids is 1. The molecule has 2 aliphatic rings. The lowest BCUT2D eigenvalue weighted by Crippen LogP contribution is -2.44. The van der Waals surface area contributed by atoms with Crippen LogP contribution < -0.4 is 5.32 Å². The van der Waals surface area contributed by atoms with E-state index in [1.165, 1.54) is 0 Å². The van der Waals surface area contributed by atoms with E-state index in [2.05, 4.69) is 5.32 Å². The molecule has 2 heterocycles. The molecular formula is C15H17ClF2N2O. The van der Waals surface area contributed by atoms with Gasteiger partial charge in [-0.25, -0.2) is 8.78 Å². The van der Waals surface area contributed by atoms with E-state index >= 15 is 0 Å². The molecule has 1 aromatic carbocycles. The Labute approximate surface area is 127 Å². The van der Waals surface area contributed by atoms with Crippen molar-refractivity contribution in [3.63, 3.8) is 0 Å². The average Bonchev–Trinajstić information content (AvgIpc) is 2.91. The standard InChI is InChI=1S/C15H17ClF2N2O/c16-11-8-13(18)12(17)7-10(11)14(21)20-5-2-15(3-6-20)1-4-19-9-15/h7-8,19H,1-6,9H2. The van der Waals surface area contributed by atoms with Crippen LogP contribution in [0.25, 0.3) is 0 Å². The maximum absolute atomic E-state index is 13.3. The van der Waals surface area contributed by atoms with Crippen molar-refractivity contribution < 1.29 is 13.6 Å². The highest BCUT2D eigenvalue weighted by atomic mass is 35.5. The Morgan fingerprint density at radius 2 is 1.86 bits per heavy atom. The summed E-state index contributed by atoms with van der Waals surface area (Å²) in [5.41, 5.74) is 0.338. The first-order chi connectivity index (χ1) is 10.0. The summed E-state index contributed by atoms with van der Waals surface area (Å²) in [5, 5.41) is 3.33.